The average molecular weight is 463 g/mol. The molecule has 0 bridgehead atoms. The molecule has 2 aromatic carbocycles. The van der Waals surface area contributed by atoms with Crippen molar-refractivity contribution < 1.29 is 14.3 Å². The molecule has 172 valence electrons. The number of benzene rings is 2. The standard InChI is InChI=1S/C27H30N2O3S/c1-15-13-23(28-22-10-8-7-9-20(15)22)29-24(33)14-27(6)12-11-21-18(4)25(31-19(5)30)16(2)17(3)26(21)32-27/h7-10,13H,11-12,14H2,1-6H3,(H,28,29,33). The molecule has 0 saturated heterocycles. The molecule has 0 aliphatic carbocycles. The number of aryl methyl sites for hydroxylation is 1. The third-order valence-corrected chi connectivity index (χ3v) is 6.78. The zero-order chi connectivity index (χ0) is 23.9. The lowest BCUT2D eigenvalue weighted by atomic mass is 9.85. The predicted molar refractivity (Wildman–Crippen MR) is 137 cm³/mol. The lowest BCUT2D eigenvalue weighted by molar-refractivity contribution is -0.132. The van der Waals surface area contributed by atoms with Gasteiger partial charge in [0.25, 0.3) is 0 Å². The fourth-order valence-electron chi connectivity index (χ4n) is 4.64. The van der Waals surface area contributed by atoms with Crippen molar-refractivity contribution in [1.29, 1.82) is 0 Å². The zero-order valence-electron chi connectivity index (χ0n) is 20.1. The van der Waals surface area contributed by atoms with Crippen molar-refractivity contribution in [2.75, 3.05) is 5.32 Å². The number of rotatable bonds is 4. The van der Waals surface area contributed by atoms with Crippen LogP contribution in [0.2, 0.25) is 0 Å². The van der Waals surface area contributed by atoms with E-state index in [9.17, 15) is 4.79 Å². The first-order valence-electron chi connectivity index (χ1n) is 11.2. The van der Waals surface area contributed by atoms with Gasteiger partial charge >= 0.3 is 5.97 Å². The summed E-state index contributed by atoms with van der Waals surface area (Å²) in [5, 5.41) is 4.46. The van der Waals surface area contributed by atoms with Crippen molar-refractivity contribution in [1.82, 2.24) is 4.98 Å². The van der Waals surface area contributed by atoms with Crippen molar-refractivity contribution in [3.8, 4) is 11.5 Å². The van der Waals surface area contributed by atoms with E-state index in [0.29, 0.717) is 17.2 Å². The molecule has 1 aliphatic heterocycles. The largest absolute Gasteiger partial charge is 0.487 e. The number of pyridine rings is 1. The molecule has 2 heterocycles. The average Bonchev–Trinajstić information content (AvgIpc) is 2.74. The van der Waals surface area contributed by atoms with Gasteiger partial charge in [0.15, 0.2) is 0 Å². The Balaban J connectivity index is 1.55. The Labute approximate surface area is 200 Å². The highest BCUT2D eigenvalue weighted by Gasteiger charge is 2.36. The molecular formula is C27H30N2O3S. The van der Waals surface area contributed by atoms with Gasteiger partial charge in [-0.2, -0.15) is 0 Å². The summed E-state index contributed by atoms with van der Waals surface area (Å²) in [5.74, 6) is 1.99. The number of carbonyl (C=O) groups is 1. The van der Waals surface area contributed by atoms with E-state index in [4.69, 9.17) is 26.7 Å². The number of nitrogens with one attached hydrogen (secondary N) is 1. The number of aromatic nitrogens is 1. The Morgan fingerprint density at radius 3 is 2.64 bits per heavy atom. The molecule has 3 aromatic rings. The number of hydrogen-bond donors (Lipinski definition) is 1. The number of thiocarbonyl (C=S) groups is 1. The number of para-hydroxylation sites is 1. The van der Waals surface area contributed by atoms with E-state index < -0.39 is 5.60 Å². The van der Waals surface area contributed by atoms with E-state index in [2.05, 4.69) is 25.2 Å². The quantitative estimate of drug-likeness (QED) is 0.279. The normalized spacial score (nSPS) is 17.3. The minimum atomic E-state index is -0.435. The number of fused-ring (bicyclic) bond motifs is 2. The summed E-state index contributed by atoms with van der Waals surface area (Å²) in [4.78, 5) is 17.0. The first-order valence-corrected chi connectivity index (χ1v) is 11.6. The smallest absolute Gasteiger partial charge is 0.308 e. The second-order valence-corrected chi connectivity index (χ2v) is 9.72. The summed E-state index contributed by atoms with van der Waals surface area (Å²) in [5.41, 5.74) is 5.69. The van der Waals surface area contributed by atoms with Crippen LogP contribution in [0.3, 0.4) is 0 Å². The van der Waals surface area contributed by atoms with Crippen LogP contribution in [0.5, 0.6) is 11.5 Å². The molecule has 0 amide bonds. The second kappa shape index (κ2) is 8.75. The summed E-state index contributed by atoms with van der Waals surface area (Å²) in [7, 11) is 0. The number of ether oxygens (including phenoxy) is 2. The van der Waals surface area contributed by atoms with Crippen LogP contribution in [0.25, 0.3) is 10.9 Å². The summed E-state index contributed by atoms with van der Waals surface area (Å²) >= 11 is 5.72. The Kier molecular flexibility index (Phi) is 6.14. The molecule has 33 heavy (non-hydrogen) atoms. The van der Waals surface area contributed by atoms with Crippen LogP contribution < -0.4 is 14.8 Å². The molecule has 0 saturated carbocycles. The summed E-state index contributed by atoms with van der Waals surface area (Å²) < 4.78 is 12.1. The van der Waals surface area contributed by atoms with Crippen molar-refractivity contribution in [3.63, 3.8) is 0 Å². The van der Waals surface area contributed by atoms with Crippen LogP contribution in [0.1, 0.15) is 54.5 Å². The molecule has 1 unspecified atom stereocenters. The lowest BCUT2D eigenvalue weighted by Crippen LogP contribution is -2.40. The van der Waals surface area contributed by atoms with Crippen molar-refractivity contribution >= 4 is 39.9 Å². The van der Waals surface area contributed by atoms with Gasteiger partial charge in [-0.1, -0.05) is 30.4 Å². The van der Waals surface area contributed by atoms with E-state index in [1.807, 2.05) is 45.0 Å². The van der Waals surface area contributed by atoms with Crippen LogP contribution in [0, 0.1) is 27.7 Å². The van der Waals surface area contributed by atoms with Gasteiger partial charge in [-0.05, 0) is 81.8 Å². The topological polar surface area (TPSA) is 60.5 Å². The minimum absolute atomic E-state index is 0.309. The third-order valence-electron chi connectivity index (χ3n) is 6.53. The highest BCUT2D eigenvalue weighted by molar-refractivity contribution is 7.80. The maximum atomic E-state index is 11.6. The SMILES string of the molecule is CC(=O)Oc1c(C)c(C)c2c(c1C)CCC(C)(CC(=S)Nc1cc(C)c3ccccc3n1)O2. The Morgan fingerprint density at radius 2 is 1.91 bits per heavy atom. The highest BCUT2D eigenvalue weighted by Crippen LogP contribution is 2.44. The molecule has 5 nitrogen and oxygen atoms in total. The van der Waals surface area contributed by atoms with Gasteiger partial charge in [0.05, 0.1) is 10.5 Å². The van der Waals surface area contributed by atoms with E-state index in [1.165, 1.54) is 6.92 Å². The van der Waals surface area contributed by atoms with Crippen molar-refractivity contribution in [3.05, 3.63) is 58.1 Å². The molecule has 0 spiro atoms. The maximum Gasteiger partial charge on any atom is 0.308 e. The molecule has 6 heteroatoms. The fourth-order valence-corrected chi connectivity index (χ4v) is 5.05. The van der Waals surface area contributed by atoms with Crippen LogP contribution in [-0.2, 0) is 11.2 Å². The first kappa shape index (κ1) is 23.2. The molecule has 1 aliphatic rings. The van der Waals surface area contributed by atoms with Gasteiger partial charge in [0, 0.05) is 24.3 Å². The van der Waals surface area contributed by atoms with Gasteiger partial charge in [-0.25, -0.2) is 4.98 Å². The molecule has 1 atom stereocenters. The molecule has 1 N–H and O–H groups in total. The molecule has 0 radical (unpaired) electrons. The van der Waals surface area contributed by atoms with Crippen molar-refractivity contribution in [2.24, 2.45) is 0 Å². The number of carbonyl (C=O) groups excluding carboxylic acids is 1. The van der Waals surface area contributed by atoms with Crippen LogP contribution in [0.4, 0.5) is 5.82 Å². The van der Waals surface area contributed by atoms with Crippen molar-refractivity contribution in [2.45, 2.75) is 66.4 Å². The minimum Gasteiger partial charge on any atom is -0.487 e. The monoisotopic (exact) mass is 462 g/mol. The zero-order valence-corrected chi connectivity index (χ0v) is 20.9. The summed E-state index contributed by atoms with van der Waals surface area (Å²) in [6.45, 7) is 11.6. The summed E-state index contributed by atoms with van der Waals surface area (Å²) in [6.07, 6.45) is 2.23. The number of anilines is 1. The summed E-state index contributed by atoms with van der Waals surface area (Å²) in [6, 6.07) is 10.1. The van der Waals surface area contributed by atoms with Gasteiger partial charge in [0.2, 0.25) is 0 Å². The first-order chi connectivity index (χ1) is 15.6. The van der Waals surface area contributed by atoms with Crippen LogP contribution in [-0.4, -0.2) is 21.5 Å². The number of hydrogen-bond acceptors (Lipinski definition) is 5. The Bertz CT molecular complexity index is 1280. The molecule has 4 rings (SSSR count). The molecular weight excluding hydrogens is 432 g/mol. The van der Waals surface area contributed by atoms with E-state index >= 15 is 0 Å². The number of nitrogens with zero attached hydrogens (tertiary/aromatic N) is 1. The molecule has 0 fully saturated rings. The second-order valence-electron chi connectivity index (χ2n) is 9.22. The van der Waals surface area contributed by atoms with Crippen LogP contribution in [0.15, 0.2) is 30.3 Å². The lowest BCUT2D eigenvalue weighted by Gasteiger charge is -2.38. The van der Waals surface area contributed by atoms with E-state index in [-0.39, 0.29) is 5.97 Å². The van der Waals surface area contributed by atoms with E-state index in [0.717, 1.165) is 63.1 Å². The maximum absolute atomic E-state index is 11.6. The Morgan fingerprint density at radius 1 is 1.18 bits per heavy atom. The Hall–Kier alpha value is -2.99. The highest BCUT2D eigenvalue weighted by atomic mass is 32.1. The number of esters is 1. The fraction of sp³-hybridized carbons (Fsp3) is 0.370. The van der Waals surface area contributed by atoms with Gasteiger partial charge in [0.1, 0.15) is 22.9 Å². The molecule has 1 aromatic heterocycles. The van der Waals surface area contributed by atoms with Gasteiger partial charge in [-0.3, -0.25) is 4.79 Å². The van der Waals surface area contributed by atoms with E-state index in [1.54, 1.807) is 0 Å². The predicted octanol–water partition coefficient (Wildman–Crippen LogP) is 6.31. The third kappa shape index (κ3) is 4.58. The van der Waals surface area contributed by atoms with Gasteiger partial charge in [-0.15, -0.1) is 0 Å². The van der Waals surface area contributed by atoms with Crippen LogP contribution >= 0.6 is 12.2 Å². The van der Waals surface area contributed by atoms with Gasteiger partial charge < -0.3 is 14.8 Å².